The lowest BCUT2D eigenvalue weighted by molar-refractivity contribution is -0.122. The van der Waals surface area contributed by atoms with Crippen molar-refractivity contribution in [2.24, 2.45) is 27.8 Å². The van der Waals surface area contributed by atoms with Crippen LogP contribution in [0.25, 0.3) is 0 Å². The zero-order chi connectivity index (χ0) is 19.4. The Morgan fingerprint density at radius 2 is 1.96 bits per heavy atom. The van der Waals surface area contributed by atoms with Gasteiger partial charge in [-0.25, -0.2) is 4.99 Å². The molecule has 1 aromatic rings. The number of hydrogen-bond acceptors (Lipinski definition) is 6. The molecular weight excluding hydrogens is 362 g/mol. The van der Waals surface area contributed by atoms with Crippen molar-refractivity contribution in [3.8, 4) is 6.07 Å². The van der Waals surface area contributed by atoms with Crippen LogP contribution in [0.5, 0.6) is 0 Å². The number of thioether (sulfide) groups is 1. The first-order valence-corrected chi connectivity index (χ1v) is 9.72. The van der Waals surface area contributed by atoms with Crippen molar-refractivity contribution in [2.45, 2.75) is 25.7 Å². The summed E-state index contributed by atoms with van der Waals surface area (Å²) in [5.74, 6) is -1.28. The van der Waals surface area contributed by atoms with E-state index in [1.165, 1.54) is 0 Å². The number of carbonyl (C=O) groups excluding carboxylic acids is 2. The molecule has 1 aromatic carbocycles. The molecule has 1 aliphatic carbocycles. The maximum Gasteiger partial charge on any atom is 0.234 e. The molecule has 140 valence electrons. The fourth-order valence-corrected chi connectivity index (χ4v) is 4.98. The summed E-state index contributed by atoms with van der Waals surface area (Å²) >= 11 is 1.15. The van der Waals surface area contributed by atoms with Gasteiger partial charge in [0.2, 0.25) is 11.8 Å². The number of anilines is 1. The van der Waals surface area contributed by atoms with Crippen molar-refractivity contribution >= 4 is 34.3 Å². The van der Waals surface area contributed by atoms with Crippen molar-refractivity contribution in [3.05, 3.63) is 41.7 Å². The van der Waals surface area contributed by atoms with Gasteiger partial charge in [-0.05, 0) is 25.0 Å². The van der Waals surface area contributed by atoms with Crippen LogP contribution in [0.2, 0.25) is 0 Å². The van der Waals surface area contributed by atoms with E-state index in [1.54, 1.807) is 12.1 Å². The predicted octanol–water partition coefficient (Wildman–Crippen LogP) is 2.13. The molecule has 0 radical (unpaired) electrons. The van der Waals surface area contributed by atoms with Crippen molar-refractivity contribution < 1.29 is 9.59 Å². The van der Waals surface area contributed by atoms with E-state index in [4.69, 9.17) is 11.5 Å². The van der Waals surface area contributed by atoms with Gasteiger partial charge in [-0.2, -0.15) is 5.26 Å². The van der Waals surface area contributed by atoms with E-state index >= 15 is 0 Å². The number of nitrogens with one attached hydrogen (secondary N) is 1. The Hall–Kier alpha value is -2.79. The third kappa shape index (κ3) is 3.69. The molecule has 27 heavy (non-hydrogen) atoms. The van der Waals surface area contributed by atoms with Crippen molar-refractivity contribution in [3.63, 3.8) is 0 Å². The summed E-state index contributed by atoms with van der Waals surface area (Å²) in [6.07, 6.45) is 3.13. The number of primary amides is 1. The summed E-state index contributed by atoms with van der Waals surface area (Å²) in [5, 5.41) is 12.8. The molecule has 1 aliphatic heterocycles. The summed E-state index contributed by atoms with van der Waals surface area (Å²) in [6.45, 7) is 0. The molecule has 1 unspecified atom stereocenters. The molecule has 1 spiro atoms. The largest absolute Gasteiger partial charge is 0.383 e. The first-order valence-electron chi connectivity index (χ1n) is 8.74. The first-order chi connectivity index (χ1) is 13.0. The Balaban J connectivity index is 1.81. The minimum absolute atomic E-state index is 0.0722. The number of nitrogens with two attached hydrogens (primary N) is 2. The maximum absolute atomic E-state index is 12.3. The molecule has 5 N–H and O–H groups in total. The second-order valence-corrected chi connectivity index (χ2v) is 7.72. The van der Waals surface area contributed by atoms with Crippen molar-refractivity contribution in [2.75, 3.05) is 11.1 Å². The monoisotopic (exact) mass is 383 g/mol. The molecule has 3 rings (SSSR count). The van der Waals surface area contributed by atoms with Crippen LogP contribution in [0.4, 0.5) is 5.69 Å². The zero-order valence-corrected chi connectivity index (χ0v) is 15.6. The second-order valence-electron chi connectivity index (χ2n) is 6.72. The van der Waals surface area contributed by atoms with Crippen molar-refractivity contribution in [1.82, 2.24) is 0 Å². The normalized spacial score (nSPS) is 20.9. The number of hydrogen-bond donors (Lipinski definition) is 3. The van der Waals surface area contributed by atoms with Crippen LogP contribution in [-0.2, 0) is 9.59 Å². The average Bonchev–Trinajstić information content (AvgIpc) is 3.10. The lowest BCUT2D eigenvalue weighted by Gasteiger charge is -2.38. The van der Waals surface area contributed by atoms with Crippen LogP contribution < -0.4 is 16.8 Å². The van der Waals surface area contributed by atoms with Gasteiger partial charge in [-0.15, -0.1) is 0 Å². The fraction of sp³-hybridized carbons (Fsp3) is 0.368. The number of nitrogens with zero attached hydrogens (tertiary/aromatic N) is 2. The van der Waals surface area contributed by atoms with Gasteiger partial charge in [-0.3, -0.25) is 9.59 Å². The van der Waals surface area contributed by atoms with Crippen LogP contribution >= 0.6 is 11.8 Å². The Morgan fingerprint density at radius 3 is 2.56 bits per heavy atom. The predicted molar refractivity (Wildman–Crippen MR) is 105 cm³/mol. The van der Waals surface area contributed by atoms with Gasteiger partial charge in [0.25, 0.3) is 0 Å². The maximum atomic E-state index is 12.3. The van der Waals surface area contributed by atoms with Crippen molar-refractivity contribution in [1.29, 1.82) is 5.26 Å². The van der Waals surface area contributed by atoms with Gasteiger partial charge in [0, 0.05) is 11.1 Å². The van der Waals surface area contributed by atoms with E-state index < -0.39 is 17.2 Å². The van der Waals surface area contributed by atoms with E-state index in [-0.39, 0.29) is 17.5 Å². The standard InChI is InChI=1S/C19H21N5O2S/c20-10-13-16(21)24-18(15(17(22)26)19(13)8-4-5-9-19)27-11-14(25)23-12-6-2-1-3-7-12/h1-3,6-7,15H,4-5,8-9,11,21H2,(H2,22,26)(H,23,25). The smallest absolute Gasteiger partial charge is 0.234 e. The Morgan fingerprint density at radius 1 is 1.30 bits per heavy atom. The summed E-state index contributed by atoms with van der Waals surface area (Å²) < 4.78 is 0. The summed E-state index contributed by atoms with van der Waals surface area (Å²) in [4.78, 5) is 28.8. The van der Waals surface area contributed by atoms with E-state index in [9.17, 15) is 14.9 Å². The molecule has 1 fully saturated rings. The molecule has 1 heterocycles. The molecule has 1 atom stereocenters. The highest BCUT2D eigenvalue weighted by Crippen LogP contribution is 2.53. The molecule has 0 aromatic heterocycles. The molecule has 1 saturated carbocycles. The second kappa shape index (κ2) is 7.84. The highest BCUT2D eigenvalue weighted by atomic mass is 32.2. The van der Waals surface area contributed by atoms with Gasteiger partial charge in [0.05, 0.1) is 28.4 Å². The number of carbonyl (C=O) groups is 2. The summed E-state index contributed by atoms with van der Waals surface area (Å²) in [5.41, 5.74) is 12.1. The highest BCUT2D eigenvalue weighted by molar-refractivity contribution is 8.14. The number of aliphatic imine (C=N–C) groups is 1. The van der Waals surface area contributed by atoms with Gasteiger partial charge >= 0.3 is 0 Å². The van der Waals surface area contributed by atoms with Crippen LogP contribution in [0.15, 0.2) is 46.7 Å². The number of para-hydroxylation sites is 1. The SMILES string of the molecule is N#CC1=C(N)N=C(SCC(=O)Nc2ccccc2)C(C(N)=O)C12CCCC2. The van der Waals surface area contributed by atoms with E-state index in [1.807, 2.05) is 18.2 Å². The summed E-state index contributed by atoms with van der Waals surface area (Å²) in [7, 11) is 0. The number of amides is 2. The molecule has 0 saturated heterocycles. The molecule has 7 nitrogen and oxygen atoms in total. The number of allylic oxidation sites excluding steroid dienone is 1. The lowest BCUT2D eigenvalue weighted by Crippen LogP contribution is -2.46. The lowest BCUT2D eigenvalue weighted by atomic mass is 9.67. The molecule has 2 amide bonds. The van der Waals surface area contributed by atoms with Gasteiger partial charge < -0.3 is 16.8 Å². The quantitative estimate of drug-likeness (QED) is 0.732. The fourth-order valence-electron chi connectivity index (χ4n) is 3.96. The third-order valence-corrected chi connectivity index (χ3v) is 6.11. The van der Waals surface area contributed by atoms with E-state index in [0.717, 1.165) is 24.6 Å². The van der Waals surface area contributed by atoms with Gasteiger partial charge in [-0.1, -0.05) is 42.8 Å². The van der Waals surface area contributed by atoms with Crippen LogP contribution in [0.3, 0.4) is 0 Å². The van der Waals surface area contributed by atoms with E-state index in [2.05, 4.69) is 16.4 Å². The number of nitriles is 1. The van der Waals surface area contributed by atoms with E-state index in [0.29, 0.717) is 29.1 Å². The molecule has 2 aliphatic rings. The topological polar surface area (TPSA) is 134 Å². The number of rotatable bonds is 4. The van der Waals surface area contributed by atoms with Gasteiger partial charge in [0.15, 0.2) is 0 Å². The van der Waals surface area contributed by atoms with Crippen LogP contribution in [-0.4, -0.2) is 22.6 Å². The first kappa shape index (κ1) is 19.0. The average molecular weight is 383 g/mol. The molecular formula is C19H21N5O2S. The molecule has 0 bridgehead atoms. The number of benzene rings is 1. The third-order valence-electron chi connectivity index (χ3n) is 5.09. The summed E-state index contributed by atoms with van der Waals surface area (Å²) in [6, 6.07) is 11.2. The Kier molecular flexibility index (Phi) is 5.51. The zero-order valence-electron chi connectivity index (χ0n) is 14.8. The molecule has 8 heteroatoms. The minimum Gasteiger partial charge on any atom is -0.383 e. The Bertz CT molecular complexity index is 851. The van der Waals surface area contributed by atoms with Crippen LogP contribution in [0.1, 0.15) is 25.7 Å². The highest BCUT2D eigenvalue weighted by Gasteiger charge is 2.52. The minimum atomic E-state index is -0.725. The van der Waals surface area contributed by atoms with Gasteiger partial charge in [0.1, 0.15) is 5.82 Å². The van der Waals surface area contributed by atoms with Crippen LogP contribution in [0, 0.1) is 22.7 Å². The Labute approximate surface area is 161 Å².